The lowest BCUT2D eigenvalue weighted by Crippen LogP contribution is -2.20. The first kappa shape index (κ1) is 20.9. The molecule has 0 unspecified atom stereocenters. The summed E-state index contributed by atoms with van der Waals surface area (Å²) >= 11 is 0. The number of ether oxygens (including phenoxy) is 3. The minimum atomic E-state index is -0.591. The number of nitrogens with zero attached hydrogens (tertiary/aromatic N) is 3. The molecule has 0 saturated heterocycles. The van der Waals surface area contributed by atoms with E-state index in [1.54, 1.807) is 31.0 Å². The van der Waals surface area contributed by atoms with Gasteiger partial charge in [-0.2, -0.15) is 5.10 Å². The number of carbonyl (C=O) groups excluding carboxylic acids is 1. The summed E-state index contributed by atoms with van der Waals surface area (Å²) in [5, 5.41) is 8.33. The summed E-state index contributed by atoms with van der Waals surface area (Å²) in [4.78, 5) is 16.9. The summed E-state index contributed by atoms with van der Waals surface area (Å²) in [6, 6.07) is 16.8. The first-order valence-electron chi connectivity index (χ1n) is 9.16. The third kappa shape index (κ3) is 4.60. The summed E-state index contributed by atoms with van der Waals surface area (Å²) in [7, 11) is 6.10. The second-order valence-corrected chi connectivity index (χ2v) is 6.28. The second-order valence-electron chi connectivity index (χ2n) is 6.28. The first-order chi connectivity index (χ1) is 14.6. The van der Waals surface area contributed by atoms with E-state index in [9.17, 15) is 4.79 Å². The summed E-state index contributed by atoms with van der Waals surface area (Å²) in [6.45, 7) is 0.206. The number of rotatable bonds is 8. The maximum absolute atomic E-state index is 12.1. The summed E-state index contributed by atoms with van der Waals surface area (Å²) < 4.78 is 17.6. The van der Waals surface area contributed by atoms with Crippen molar-refractivity contribution in [1.82, 2.24) is 9.78 Å². The van der Waals surface area contributed by atoms with Crippen molar-refractivity contribution < 1.29 is 23.8 Å². The van der Waals surface area contributed by atoms with Crippen LogP contribution >= 0.6 is 0 Å². The van der Waals surface area contributed by atoms with E-state index in [1.165, 1.54) is 14.2 Å². The molecule has 8 heteroatoms. The second kappa shape index (κ2) is 9.60. The lowest BCUT2D eigenvalue weighted by atomic mass is 10.0. The van der Waals surface area contributed by atoms with Crippen LogP contribution in [0.2, 0.25) is 0 Å². The summed E-state index contributed by atoms with van der Waals surface area (Å²) in [5.41, 5.74) is 3.12. The predicted octanol–water partition coefficient (Wildman–Crippen LogP) is 3.20. The van der Waals surface area contributed by atoms with Crippen molar-refractivity contribution in [2.45, 2.75) is 6.61 Å². The Morgan fingerprint density at radius 3 is 2.47 bits per heavy atom. The molecule has 0 aliphatic carbocycles. The van der Waals surface area contributed by atoms with E-state index in [0.29, 0.717) is 11.4 Å². The Hall–Kier alpha value is -3.81. The third-order valence-corrected chi connectivity index (χ3v) is 4.43. The lowest BCUT2D eigenvalue weighted by molar-refractivity contribution is -0.132. The van der Waals surface area contributed by atoms with E-state index < -0.39 is 5.97 Å². The molecule has 1 aromatic heterocycles. The number of aromatic nitrogens is 2. The monoisotopic (exact) mass is 409 g/mol. The molecule has 0 spiro atoms. The third-order valence-electron chi connectivity index (χ3n) is 4.43. The fraction of sp³-hybridized carbons (Fsp3) is 0.227. The minimum Gasteiger partial charge on any atom is -0.497 e. The highest BCUT2D eigenvalue weighted by atomic mass is 16.6. The summed E-state index contributed by atoms with van der Waals surface area (Å²) in [6.07, 6.45) is 0. The average Bonchev–Trinajstić information content (AvgIpc) is 3.16. The van der Waals surface area contributed by atoms with Gasteiger partial charge in [0.15, 0.2) is 5.71 Å². The fourth-order valence-electron chi connectivity index (χ4n) is 2.90. The van der Waals surface area contributed by atoms with Crippen LogP contribution in [-0.4, -0.2) is 42.8 Å². The van der Waals surface area contributed by atoms with Crippen LogP contribution < -0.4 is 9.47 Å². The molecule has 0 fully saturated rings. The molecule has 2 aromatic carbocycles. The molecule has 1 heterocycles. The van der Waals surface area contributed by atoms with Gasteiger partial charge >= 0.3 is 5.97 Å². The van der Waals surface area contributed by atoms with Crippen LogP contribution in [0.15, 0.2) is 59.8 Å². The van der Waals surface area contributed by atoms with Gasteiger partial charge in [-0.3, -0.25) is 0 Å². The summed E-state index contributed by atoms with van der Waals surface area (Å²) in [5.74, 6) is 0.771. The number of carbonyl (C=O) groups is 1. The van der Waals surface area contributed by atoms with Crippen LogP contribution in [0.4, 0.5) is 0 Å². The zero-order valence-corrected chi connectivity index (χ0v) is 17.3. The number of esters is 1. The molecule has 0 N–H and O–H groups in total. The van der Waals surface area contributed by atoms with Crippen molar-refractivity contribution in [1.29, 1.82) is 0 Å². The maximum Gasteiger partial charge on any atom is 0.360 e. The molecule has 3 aromatic rings. The zero-order chi connectivity index (χ0) is 21.5. The van der Waals surface area contributed by atoms with E-state index >= 15 is 0 Å². The first-order valence-corrected chi connectivity index (χ1v) is 9.16. The molecule has 0 atom stereocenters. The van der Waals surface area contributed by atoms with Crippen molar-refractivity contribution in [3.8, 4) is 22.9 Å². The van der Waals surface area contributed by atoms with Crippen molar-refractivity contribution in [3.63, 3.8) is 0 Å². The average molecular weight is 409 g/mol. The van der Waals surface area contributed by atoms with Gasteiger partial charge < -0.3 is 19.0 Å². The molecule has 0 aliphatic rings. The molecule has 3 rings (SSSR count). The predicted molar refractivity (Wildman–Crippen MR) is 112 cm³/mol. The van der Waals surface area contributed by atoms with Crippen LogP contribution in [0.1, 0.15) is 11.1 Å². The number of hydrogen-bond donors (Lipinski definition) is 0. The van der Waals surface area contributed by atoms with Gasteiger partial charge in [0.25, 0.3) is 0 Å². The van der Waals surface area contributed by atoms with Gasteiger partial charge in [-0.05, 0) is 29.8 Å². The molecular weight excluding hydrogens is 386 g/mol. The van der Waals surface area contributed by atoms with Gasteiger partial charge in [0.2, 0.25) is 5.88 Å². The largest absolute Gasteiger partial charge is 0.497 e. The van der Waals surface area contributed by atoms with Gasteiger partial charge in [-0.15, -0.1) is 0 Å². The Kier molecular flexibility index (Phi) is 6.69. The van der Waals surface area contributed by atoms with E-state index in [-0.39, 0.29) is 12.3 Å². The van der Waals surface area contributed by atoms with Crippen molar-refractivity contribution >= 4 is 11.7 Å². The van der Waals surface area contributed by atoms with Crippen molar-refractivity contribution in [3.05, 3.63) is 65.7 Å². The van der Waals surface area contributed by atoms with Gasteiger partial charge in [0, 0.05) is 24.2 Å². The van der Waals surface area contributed by atoms with Crippen LogP contribution in [0.3, 0.4) is 0 Å². The van der Waals surface area contributed by atoms with Crippen LogP contribution in [0.5, 0.6) is 11.6 Å². The number of benzene rings is 2. The van der Waals surface area contributed by atoms with Gasteiger partial charge in [0.05, 0.1) is 19.9 Å². The number of oxime groups is 1. The van der Waals surface area contributed by atoms with Gasteiger partial charge in [-0.1, -0.05) is 29.4 Å². The SMILES string of the molecule is CO/N=C(/C(=O)OC)c1ccccc1COc1cc(-c2ccc(OC)cc2)nn1C. The Balaban J connectivity index is 1.82. The normalized spacial score (nSPS) is 11.1. The smallest absolute Gasteiger partial charge is 0.360 e. The quantitative estimate of drug-likeness (QED) is 0.323. The number of aryl methyl sites for hydroxylation is 1. The Morgan fingerprint density at radius 1 is 1.07 bits per heavy atom. The van der Waals surface area contributed by atoms with E-state index in [0.717, 1.165) is 22.6 Å². The van der Waals surface area contributed by atoms with Crippen LogP contribution in [0.25, 0.3) is 11.3 Å². The molecular formula is C22H23N3O5. The molecule has 156 valence electrons. The fourth-order valence-corrected chi connectivity index (χ4v) is 2.90. The molecule has 0 bridgehead atoms. The topological polar surface area (TPSA) is 84.2 Å². The number of hydrogen-bond acceptors (Lipinski definition) is 7. The Morgan fingerprint density at radius 2 is 1.80 bits per heavy atom. The Bertz CT molecular complexity index is 1040. The highest BCUT2D eigenvalue weighted by Gasteiger charge is 2.19. The molecule has 30 heavy (non-hydrogen) atoms. The molecule has 0 aliphatic heterocycles. The molecule has 0 radical (unpaired) electrons. The minimum absolute atomic E-state index is 0.0723. The lowest BCUT2D eigenvalue weighted by Gasteiger charge is -2.11. The van der Waals surface area contributed by atoms with Gasteiger partial charge in [-0.25, -0.2) is 9.48 Å². The standard InChI is InChI=1S/C22H23N3O5/c1-25-20(13-19(23-25)15-9-11-17(27-2)12-10-15)30-14-16-7-5-6-8-18(16)21(24-29-4)22(26)28-3/h5-13H,14H2,1-4H3/b24-21+. The number of methoxy groups -OCH3 is 2. The maximum atomic E-state index is 12.1. The van der Waals surface area contributed by atoms with Crippen molar-refractivity contribution in [2.24, 2.45) is 12.2 Å². The van der Waals surface area contributed by atoms with Crippen molar-refractivity contribution in [2.75, 3.05) is 21.3 Å². The van der Waals surface area contributed by atoms with Crippen LogP contribution in [-0.2, 0) is 28.0 Å². The highest BCUT2D eigenvalue weighted by molar-refractivity contribution is 6.43. The highest BCUT2D eigenvalue weighted by Crippen LogP contribution is 2.25. The Labute approximate surface area is 174 Å². The van der Waals surface area contributed by atoms with E-state index in [2.05, 4.69) is 10.3 Å². The molecule has 0 saturated carbocycles. The van der Waals surface area contributed by atoms with Gasteiger partial charge in [0.1, 0.15) is 19.5 Å². The zero-order valence-electron chi connectivity index (χ0n) is 17.3. The van der Waals surface area contributed by atoms with Crippen LogP contribution in [0, 0.1) is 0 Å². The molecule has 8 nitrogen and oxygen atoms in total. The molecule has 0 amide bonds. The van der Waals surface area contributed by atoms with E-state index in [1.807, 2.05) is 42.5 Å². The van der Waals surface area contributed by atoms with E-state index in [4.69, 9.17) is 19.0 Å².